The van der Waals surface area contributed by atoms with Gasteiger partial charge in [0.2, 0.25) is 0 Å². The van der Waals surface area contributed by atoms with E-state index in [0.29, 0.717) is 0 Å². The van der Waals surface area contributed by atoms with E-state index < -0.39 is 0 Å². The first-order valence-electron chi connectivity index (χ1n) is 7.06. The fourth-order valence-electron chi connectivity index (χ4n) is 2.74. The van der Waals surface area contributed by atoms with Gasteiger partial charge in [-0.25, -0.2) is 4.39 Å². The molecule has 2 aromatic carbocycles. The Morgan fingerprint density at radius 2 is 1.60 bits per heavy atom. The quantitative estimate of drug-likeness (QED) is 0.901. The van der Waals surface area contributed by atoms with E-state index in [-0.39, 0.29) is 5.82 Å². The largest absolute Gasteiger partial charge is 0.369 e. The molecule has 0 unspecified atom stereocenters. The van der Waals surface area contributed by atoms with Gasteiger partial charge >= 0.3 is 0 Å². The average Bonchev–Trinajstić information content (AvgIpc) is 2.49. The average molecular weight is 270 g/mol. The third kappa shape index (κ3) is 2.68. The molecule has 1 saturated heterocycles. The van der Waals surface area contributed by atoms with Crippen LogP contribution in [0.3, 0.4) is 0 Å². The van der Waals surface area contributed by atoms with Gasteiger partial charge in [0.15, 0.2) is 0 Å². The number of benzene rings is 2. The van der Waals surface area contributed by atoms with Crippen molar-refractivity contribution in [2.75, 3.05) is 31.1 Å². The number of hydrogen-bond donors (Lipinski definition) is 1. The fraction of sp³-hybridized carbons (Fsp3) is 0.294. The van der Waals surface area contributed by atoms with Gasteiger partial charge in [-0.2, -0.15) is 0 Å². The second kappa shape index (κ2) is 5.63. The molecule has 0 atom stereocenters. The van der Waals surface area contributed by atoms with Crippen LogP contribution in [0.4, 0.5) is 10.1 Å². The normalized spacial score (nSPS) is 15.4. The predicted octanol–water partition coefficient (Wildman–Crippen LogP) is 3.21. The van der Waals surface area contributed by atoms with E-state index in [4.69, 9.17) is 0 Å². The Hall–Kier alpha value is -1.87. The van der Waals surface area contributed by atoms with Crippen molar-refractivity contribution < 1.29 is 4.39 Å². The first kappa shape index (κ1) is 13.1. The van der Waals surface area contributed by atoms with Gasteiger partial charge in [0.25, 0.3) is 0 Å². The first-order chi connectivity index (χ1) is 9.74. The molecule has 3 heteroatoms. The number of piperazine rings is 1. The summed E-state index contributed by atoms with van der Waals surface area (Å²) in [5.74, 6) is -0.192. The molecular formula is C17H19FN2. The topological polar surface area (TPSA) is 15.3 Å². The number of nitrogens with zero attached hydrogens (tertiary/aromatic N) is 1. The van der Waals surface area contributed by atoms with Gasteiger partial charge in [-0.05, 0) is 47.9 Å². The van der Waals surface area contributed by atoms with Crippen molar-refractivity contribution in [3.8, 4) is 11.1 Å². The Morgan fingerprint density at radius 3 is 2.25 bits per heavy atom. The number of aryl methyl sites for hydroxylation is 1. The number of nitrogens with one attached hydrogen (secondary N) is 1. The maximum atomic E-state index is 13.0. The van der Waals surface area contributed by atoms with E-state index in [9.17, 15) is 4.39 Å². The second-order valence-corrected chi connectivity index (χ2v) is 5.25. The highest BCUT2D eigenvalue weighted by molar-refractivity contribution is 5.69. The standard InChI is InChI=1S/C17H19FN2/c1-13-12-15(14-2-5-16(18)6-3-14)4-7-17(13)20-10-8-19-9-11-20/h2-7,12,19H,8-11H2,1H3. The first-order valence-corrected chi connectivity index (χ1v) is 7.06. The van der Waals surface area contributed by atoms with E-state index in [2.05, 4.69) is 35.3 Å². The highest BCUT2D eigenvalue weighted by Crippen LogP contribution is 2.27. The maximum Gasteiger partial charge on any atom is 0.123 e. The fourth-order valence-corrected chi connectivity index (χ4v) is 2.74. The molecule has 20 heavy (non-hydrogen) atoms. The molecular weight excluding hydrogens is 251 g/mol. The molecule has 1 fully saturated rings. The van der Waals surface area contributed by atoms with Gasteiger partial charge < -0.3 is 10.2 Å². The molecule has 0 radical (unpaired) electrons. The summed E-state index contributed by atoms with van der Waals surface area (Å²) >= 11 is 0. The van der Waals surface area contributed by atoms with E-state index >= 15 is 0 Å². The van der Waals surface area contributed by atoms with Crippen molar-refractivity contribution in [3.05, 3.63) is 53.8 Å². The summed E-state index contributed by atoms with van der Waals surface area (Å²) in [6, 6.07) is 13.2. The van der Waals surface area contributed by atoms with E-state index in [0.717, 1.165) is 37.3 Å². The van der Waals surface area contributed by atoms with Crippen molar-refractivity contribution in [1.29, 1.82) is 0 Å². The van der Waals surface area contributed by atoms with E-state index in [1.54, 1.807) is 0 Å². The Morgan fingerprint density at radius 1 is 0.950 bits per heavy atom. The van der Waals surface area contributed by atoms with Gasteiger partial charge in [-0.1, -0.05) is 18.2 Å². The van der Waals surface area contributed by atoms with Gasteiger partial charge in [0.05, 0.1) is 0 Å². The van der Waals surface area contributed by atoms with Crippen molar-refractivity contribution in [1.82, 2.24) is 5.32 Å². The number of hydrogen-bond acceptors (Lipinski definition) is 2. The molecule has 2 aromatic rings. The molecule has 0 spiro atoms. The maximum absolute atomic E-state index is 13.0. The van der Waals surface area contributed by atoms with E-state index in [1.807, 2.05) is 12.1 Å². The van der Waals surface area contributed by atoms with Crippen LogP contribution < -0.4 is 10.2 Å². The van der Waals surface area contributed by atoms with Gasteiger partial charge in [-0.3, -0.25) is 0 Å². The van der Waals surface area contributed by atoms with Crippen LogP contribution in [0.15, 0.2) is 42.5 Å². The molecule has 0 amide bonds. The lowest BCUT2D eigenvalue weighted by molar-refractivity contribution is 0.588. The third-order valence-corrected chi connectivity index (χ3v) is 3.83. The van der Waals surface area contributed by atoms with Crippen LogP contribution in [0.25, 0.3) is 11.1 Å². The Balaban J connectivity index is 1.88. The van der Waals surface area contributed by atoms with Crippen LogP contribution in [-0.4, -0.2) is 26.2 Å². The lowest BCUT2D eigenvalue weighted by Gasteiger charge is -2.31. The Labute approximate surface area is 119 Å². The molecule has 2 nitrogen and oxygen atoms in total. The zero-order valence-electron chi connectivity index (χ0n) is 11.7. The van der Waals surface area contributed by atoms with Crippen LogP contribution in [0.2, 0.25) is 0 Å². The molecule has 104 valence electrons. The lowest BCUT2D eigenvalue weighted by Crippen LogP contribution is -2.43. The van der Waals surface area contributed by atoms with Crippen LogP contribution in [-0.2, 0) is 0 Å². The summed E-state index contributed by atoms with van der Waals surface area (Å²) in [4.78, 5) is 2.42. The summed E-state index contributed by atoms with van der Waals surface area (Å²) in [5.41, 5.74) is 4.77. The minimum atomic E-state index is -0.192. The minimum absolute atomic E-state index is 0.192. The smallest absolute Gasteiger partial charge is 0.123 e. The van der Waals surface area contributed by atoms with Crippen LogP contribution in [0, 0.1) is 12.7 Å². The van der Waals surface area contributed by atoms with Crippen LogP contribution in [0.1, 0.15) is 5.56 Å². The number of rotatable bonds is 2. The molecule has 1 aliphatic heterocycles. The summed E-state index contributed by atoms with van der Waals surface area (Å²) in [6.45, 7) is 6.33. The molecule has 1 heterocycles. The van der Waals surface area contributed by atoms with Gasteiger partial charge in [-0.15, -0.1) is 0 Å². The molecule has 0 bridgehead atoms. The highest BCUT2D eigenvalue weighted by atomic mass is 19.1. The monoisotopic (exact) mass is 270 g/mol. The highest BCUT2D eigenvalue weighted by Gasteiger charge is 2.12. The SMILES string of the molecule is Cc1cc(-c2ccc(F)cc2)ccc1N1CCNCC1. The third-order valence-electron chi connectivity index (χ3n) is 3.83. The number of halogens is 1. The molecule has 0 aliphatic carbocycles. The van der Waals surface area contributed by atoms with Crippen molar-refractivity contribution >= 4 is 5.69 Å². The van der Waals surface area contributed by atoms with Gasteiger partial charge in [0, 0.05) is 31.9 Å². The minimum Gasteiger partial charge on any atom is -0.369 e. The zero-order valence-corrected chi connectivity index (χ0v) is 11.7. The zero-order chi connectivity index (χ0) is 13.9. The van der Waals surface area contributed by atoms with E-state index in [1.165, 1.54) is 23.4 Å². The summed E-state index contributed by atoms with van der Waals surface area (Å²) in [5, 5.41) is 3.37. The van der Waals surface area contributed by atoms with Gasteiger partial charge in [0.1, 0.15) is 5.82 Å². The summed E-state index contributed by atoms with van der Waals surface area (Å²) in [7, 11) is 0. The summed E-state index contributed by atoms with van der Waals surface area (Å²) < 4.78 is 13.0. The Bertz CT molecular complexity index is 586. The molecule has 3 rings (SSSR count). The summed E-state index contributed by atoms with van der Waals surface area (Å²) in [6.07, 6.45) is 0. The molecule has 1 aliphatic rings. The van der Waals surface area contributed by atoms with Crippen LogP contribution >= 0.6 is 0 Å². The van der Waals surface area contributed by atoms with Crippen molar-refractivity contribution in [2.45, 2.75) is 6.92 Å². The lowest BCUT2D eigenvalue weighted by atomic mass is 10.0. The molecule has 0 aromatic heterocycles. The number of anilines is 1. The molecule has 1 N–H and O–H groups in total. The van der Waals surface area contributed by atoms with Crippen molar-refractivity contribution in [2.24, 2.45) is 0 Å². The predicted molar refractivity (Wildman–Crippen MR) is 81.7 cm³/mol. The molecule has 0 saturated carbocycles. The van der Waals surface area contributed by atoms with Crippen LogP contribution in [0.5, 0.6) is 0 Å². The second-order valence-electron chi connectivity index (χ2n) is 5.25. The van der Waals surface area contributed by atoms with Crippen molar-refractivity contribution in [3.63, 3.8) is 0 Å². The Kier molecular flexibility index (Phi) is 3.70.